The molecule has 0 saturated heterocycles. The van der Waals surface area contributed by atoms with Gasteiger partial charge in [-0.25, -0.2) is 4.98 Å². The number of thiophene rings is 1. The van der Waals surface area contributed by atoms with Crippen LogP contribution in [0.5, 0.6) is 0 Å². The van der Waals surface area contributed by atoms with Crippen LogP contribution in [0.3, 0.4) is 0 Å². The highest BCUT2D eigenvalue weighted by atomic mass is 32.1. The maximum atomic E-state index is 12.1. The Hall–Kier alpha value is -2.76. The van der Waals surface area contributed by atoms with E-state index in [9.17, 15) is 4.79 Å². The van der Waals surface area contributed by atoms with E-state index in [1.807, 2.05) is 53.9 Å². The smallest absolute Gasteiger partial charge is 0.265 e. The van der Waals surface area contributed by atoms with Crippen molar-refractivity contribution in [3.63, 3.8) is 0 Å². The number of rotatable bonds is 4. The molecule has 3 nitrogen and oxygen atoms in total. The minimum atomic E-state index is -0.0803. The van der Waals surface area contributed by atoms with Crippen molar-refractivity contribution in [2.45, 2.75) is 6.92 Å². The molecule has 128 valence electrons. The van der Waals surface area contributed by atoms with Gasteiger partial charge in [0.15, 0.2) is 0 Å². The Morgan fingerprint density at radius 2 is 1.77 bits per heavy atom. The van der Waals surface area contributed by atoms with Crippen LogP contribution in [0, 0.1) is 6.92 Å². The molecule has 4 rings (SSSR count). The summed E-state index contributed by atoms with van der Waals surface area (Å²) >= 11 is 3.08. The standard InChI is InChI=1S/C21H16N2OS2/c1-14-5-2-3-6-17(14)21-23-18(13-26-21)15-8-10-16(11-9-15)22-20(24)19-7-4-12-25-19/h2-13H,1H3,(H,22,24). The highest BCUT2D eigenvalue weighted by Gasteiger charge is 2.10. The van der Waals surface area contributed by atoms with Crippen LogP contribution in [0.15, 0.2) is 71.4 Å². The summed E-state index contributed by atoms with van der Waals surface area (Å²) in [6.45, 7) is 2.10. The molecule has 2 aromatic heterocycles. The third-order valence-electron chi connectivity index (χ3n) is 4.06. The van der Waals surface area contributed by atoms with Gasteiger partial charge in [-0.1, -0.05) is 42.5 Å². The summed E-state index contributed by atoms with van der Waals surface area (Å²) in [7, 11) is 0. The molecule has 0 unspecified atom stereocenters. The quantitative estimate of drug-likeness (QED) is 0.467. The molecule has 2 heterocycles. The fourth-order valence-electron chi connectivity index (χ4n) is 2.67. The molecule has 0 bridgehead atoms. The molecule has 4 aromatic rings. The molecule has 0 aliphatic carbocycles. The Morgan fingerprint density at radius 3 is 2.50 bits per heavy atom. The molecule has 0 aliphatic heterocycles. The van der Waals surface area contributed by atoms with E-state index in [4.69, 9.17) is 4.98 Å². The van der Waals surface area contributed by atoms with E-state index in [0.717, 1.165) is 22.0 Å². The van der Waals surface area contributed by atoms with Crippen molar-refractivity contribution in [3.05, 3.63) is 81.9 Å². The van der Waals surface area contributed by atoms with Crippen molar-refractivity contribution in [1.29, 1.82) is 0 Å². The van der Waals surface area contributed by atoms with Crippen molar-refractivity contribution < 1.29 is 4.79 Å². The van der Waals surface area contributed by atoms with Crippen LogP contribution in [0.4, 0.5) is 5.69 Å². The van der Waals surface area contributed by atoms with Crippen molar-refractivity contribution in [3.8, 4) is 21.8 Å². The number of aryl methyl sites for hydroxylation is 1. The zero-order valence-corrected chi connectivity index (χ0v) is 15.7. The Balaban J connectivity index is 1.53. The predicted octanol–water partition coefficient (Wildman–Crippen LogP) is 6.10. The second-order valence-electron chi connectivity index (χ2n) is 5.86. The zero-order chi connectivity index (χ0) is 17.9. The van der Waals surface area contributed by atoms with Crippen LogP contribution in [0.2, 0.25) is 0 Å². The van der Waals surface area contributed by atoms with Gasteiger partial charge in [0.25, 0.3) is 5.91 Å². The monoisotopic (exact) mass is 376 g/mol. The number of nitrogens with zero attached hydrogens (tertiary/aromatic N) is 1. The topological polar surface area (TPSA) is 42.0 Å². The number of nitrogens with one attached hydrogen (secondary N) is 1. The first kappa shape index (κ1) is 16.7. The van der Waals surface area contributed by atoms with E-state index in [1.165, 1.54) is 22.5 Å². The highest BCUT2D eigenvalue weighted by Crippen LogP contribution is 2.31. The van der Waals surface area contributed by atoms with Crippen LogP contribution in [0.1, 0.15) is 15.2 Å². The normalized spacial score (nSPS) is 10.7. The largest absolute Gasteiger partial charge is 0.321 e. The van der Waals surface area contributed by atoms with Gasteiger partial charge >= 0.3 is 0 Å². The number of aromatic nitrogens is 1. The fourth-order valence-corrected chi connectivity index (χ4v) is 4.21. The van der Waals surface area contributed by atoms with Crippen LogP contribution in [0.25, 0.3) is 21.8 Å². The summed E-state index contributed by atoms with van der Waals surface area (Å²) < 4.78 is 0. The lowest BCUT2D eigenvalue weighted by Gasteiger charge is -2.04. The SMILES string of the molecule is Cc1ccccc1-c1nc(-c2ccc(NC(=O)c3cccs3)cc2)cs1. The third-order valence-corrected chi connectivity index (χ3v) is 5.81. The van der Waals surface area contributed by atoms with Gasteiger partial charge in [-0.05, 0) is 36.1 Å². The van der Waals surface area contributed by atoms with Crippen LogP contribution in [-0.2, 0) is 0 Å². The van der Waals surface area contributed by atoms with Crippen LogP contribution < -0.4 is 5.32 Å². The summed E-state index contributed by atoms with van der Waals surface area (Å²) in [5, 5.41) is 7.90. The number of amides is 1. The molecule has 1 N–H and O–H groups in total. The predicted molar refractivity (Wildman–Crippen MR) is 110 cm³/mol. The van der Waals surface area contributed by atoms with Crippen molar-refractivity contribution in [1.82, 2.24) is 4.98 Å². The van der Waals surface area contributed by atoms with E-state index in [1.54, 1.807) is 11.3 Å². The molecule has 5 heteroatoms. The first-order valence-corrected chi connectivity index (χ1v) is 9.93. The average molecular weight is 377 g/mol. The van der Waals surface area contributed by atoms with E-state index in [2.05, 4.69) is 29.8 Å². The van der Waals surface area contributed by atoms with Gasteiger partial charge in [-0.2, -0.15) is 0 Å². The van der Waals surface area contributed by atoms with Gasteiger partial charge in [0.1, 0.15) is 5.01 Å². The molecule has 0 spiro atoms. The van der Waals surface area contributed by atoms with Crippen molar-refractivity contribution in [2.75, 3.05) is 5.32 Å². The second kappa shape index (κ2) is 7.23. The van der Waals surface area contributed by atoms with Gasteiger partial charge in [0.2, 0.25) is 0 Å². The van der Waals surface area contributed by atoms with Crippen molar-refractivity contribution >= 4 is 34.3 Å². The lowest BCUT2D eigenvalue weighted by molar-refractivity contribution is 0.103. The molecule has 2 aromatic carbocycles. The molecule has 26 heavy (non-hydrogen) atoms. The summed E-state index contributed by atoms with van der Waals surface area (Å²) in [5.74, 6) is -0.0803. The lowest BCUT2D eigenvalue weighted by Crippen LogP contribution is -2.09. The van der Waals surface area contributed by atoms with Gasteiger partial charge in [-0.15, -0.1) is 22.7 Å². The summed E-state index contributed by atoms with van der Waals surface area (Å²) in [6, 6.07) is 19.8. The molecule has 0 saturated carbocycles. The average Bonchev–Trinajstić information content (AvgIpc) is 3.35. The van der Waals surface area contributed by atoms with E-state index < -0.39 is 0 Å². The highest BCUT2D eigenvalue weighted by molar-refractivity contribution is 7.13. The maximum Gasteiger partial charge on any atom is 0.265 e. The first-order valence-electron chi connectivity index (χ1n) is 8.17. The second-order valence-corrected chi connectivity index (χ2v) is 7.67. The van der Waals surface area contributed by atoms with Gasteiger partial charge in [0.05, 0.1) is 10.6 Å². The minimum absolute atomic E-state index is 0.0803. The summed E-state index contributed by atoms with van der Waals surface area (Å²) in [5.41, 5.74) is 5.16. The maximum absolute atomic E-state index is 12.1. The van der Waals surface area contributed by atoms with Crippen LogP contribution >= 0.6 is 22.7 Å². The van der Waals surface area contributed by atoms with Crippen LogP contribution in [-0.4, -0.2) is 10.9 Å². The molecule has 0 radical (unpaired) electrons. The molecule has 0 aliphatic rings. The molecule has 0 atom stereocenters. The summed E-state index contributed by atoms with van der Waals surface area (Å²) in [4.78, 5) is 17.6. The van der Waals surface area contributed by atoms with E-state index >= 15 is 0 Å². The molecule has 1 amide bonds. The number of benzene rings is 2. The minimum Gasteiger partial charge on any atom is -0.321 e. The lowest BCUT2D eigenvalue weighted by atomic mass is 10.1. The zero-order valence-electron chi connectivity index (χ0n) is 14.1. The van der Waals surface area contributed by atoms with Crippen molar-refractivity contribution in [2.24, 2.45) is 0 Å². The number of carbonyl (C=O) groups is 1. The Kier molecular flexibility index (Phi) is 4.65. The third kappa shape index (κ3) is 3.45. The summed E-state index contributed by atoms with van der Waals surface area (Å²) in [6.07, 6.45) is 0. The van der Waals surface area contributed by atoms with E-state index in [-0.39, 0.29) is 5.91 Å². The fraction of sp³-hybridized carbons (Fsp3) is 0.0476. The number of anilines is 1. The Labute approximate surface area is 160 Å². The number of thiazole rings is 1. The molecular weight excluding hydrogens is 360 g/mol. The number of hydrogen-bond donors (Lipinski definition) is 1. The first-order chi connectivity index (χ1) is 12.7. The number of carbonyl (C=O) groups excluding carboxylic acids is 1. The Morgan fingerprint density at radius 1 is 0.962 bits per heavy atom. The van der Waals surface area contributed by atoms with Gasteiger partial charge in [-0.3, -0.25) is 4.79 Å². The molecular formula is C21H16N2OS2. The van der Waals surface area contributed by atoms with Gasteiger partial charge in [0, 0.05) is 22.2 Å². The number of hydrogen-bond acceptors (Lipinski definition) is 4. The van der Waals surface area contributed by atoms with E-state index in [0.29, 0.717) is 4.88 Å². The Bertz CT molecular complexity index is 1030. The van der Waals surface area contributed by atoms with Gasteiger partial charge < -0.3 is 5.32 Å². The molecule has 0 fully saturated rings.